The first-order valence-corrected chi connectivity index (χ1v) is 12.2. The molecule has 2 aromatic carbocycles. The second-order valence-corrected chi connectivity index (χ2v) is 9.04. The zero-order valence-corrected chi connectivity index (χ0v) is 20.2. The molecule has 0 aliphatic carbocycles. The Labute approximate surface area is 211 Å². The molecule has 0 bridgehead atoms. The van der Waals surface area contributed by atoms with Crippen molar-refractivity contribution >= 4 is 29.1 Å². The van der Waals surface area contributed by atoms with Crippen LogP contribution >= 0.6 is 11.3 Å². The monoisotopic (exact) mass is 498 g/mol. The van der Waals surface area contributed by atoms with E-state index in [9.17, 15) is 14.4 Å². The van der Waals surface area contributed by atoms with Gasteiger partial charge in [-0.05, 0) is 54.4 Å². The van der Waals surface area contributed by atoms with Crippen LogP contribution in [0.1, 0.15) is 42.3 Å². The van der Waals surface area contributed by atoms with Gasteiger partial charge in [-0.2, -0.15) is 0 Å². The molecule has 0 saturated carbocycles. The van der Waals surface area contributed by atoms with Gasteiger partial charge < -0.3 is 10.1 Å². The van der Waals surface area contributed by atoms with E-state index in [2.05, 4.69) is 15.3 Å². The molecule has 9 heteroatoms. The molecular formula is C27H22N4O4S. The summed E-state index contributed by atoms with van der Waals surface area (Å²) < 4.78 is 5.16. The van der Waals surface area contributed by atoms with Crippen LogP contribution in [0.3, 0.4) is 0 Å². The van der Waals surface area contributed by atoms with E-state index in [1.54, 1.807) is 31.6 Å². The second kappa shape index (κ2) is 10.1. The van der Waals surface area contributed by atoms with E-state index in [1.165, 1.54) is 22.3 Å². The fraction of sp³-hybridized carbons (Fsp3) is 0.148. The first-order valence-electron chi connectivity index (χ1n) is 11.3. The molecule has 0 unspecified atom stereocenters. The third-order valence-corrected chi connectivity index (χ3v) is 6.87. The van der Waals surface area contributed by atoms with Gasteiger partial charge >= 0.3 is 0 Å². The zero-order chi connectivity index (χ0) is 25.1. The largest absolute Gasteiger partial charge is 0.497 e. The number of ether oxygens (including phenoxy) is 1. The molecule has 0 fully saturated rings. The summed E-state index contributed by atoms with van der Waals surface area (Å²) in [5.74, 6) is -0.330. The molecule has 3 amide bonds. The fourth-order valence-electron chi connectivity index (χ4n) is 3.96. The van der Waals surface area contributed by atoms with Crippen molar-refractivity contribution in [1.29, 1.82) is 0 Å². The summed E-state index contributed by atoms with van der Waals surface area (Å²) >= 11 is 1.49. The number of nitrogens with one attached hydrogen (secondary N) is 1. The van der Waals surface area contributed by atoms with Gasteiger partial charge in [0.1, 0.15) is 10.8 Å². The molecular weight excluding hydrogens is 476 g/mol. The molecule has 180 valence electrons. The Balaban J connectivity index is 1.22. The van der Waals surface area contributed by atoms with Gasteiger partial charge in [0.25, 0.3) is 17.7 Å². The number of nitrogens with zero attached hydrogens (tertiary/aromatic N) is 3. The lowest BCUT2D eigenvalue weighted by molar-refractivity contribution is 0.0656. The van der Waals surface area contributed by atoms with E-state index >= 15 is 0 Å². The second-order valence-electron chi connectivity index (χ2n) is 8.18. The first kappa shape index (κ1) is 23.4. The molecule has 36 heavy (non-hydrogen) atoms. The van der Waals surface area contributed by atoms with Crippen LogP contribution in [0.2, 0.25) is 0 Å². The van der Waals surface area contributed by atoms with Crippen LogP contribution in [0.15, 0.2) is 72.4 Å². The summed E-state index contributed by atoms with van der Waals surface area (Å²) in [5.41, 5.74) is 3.56. The van der Waals surface area contributed by atoms with E-state index in [4.69, 9.17) is 4.74 Å². The number of hydrogen-bond donors (Lipinski definition) is 1. The van der Waals surface area contributed by atoms with Crippen molar-refractivity contribution in [2.24, 2.45) is 0 Å². The van der Waals surface area contributed by atoms with Gasteiger partial charge in [0.05, 0.1) is 30.5 Å². The summed E-state index contributed by atoms with van der Waals surface area (Å²) in [6.45, 7) is 0.502. The Hall–Kier alpha value is -4.37. The normalized spacial score (nSPS) is 12.5. The highest BCUT2D eigenvalue weighted by atomic mass is 32.1. The highest BCUT2D eigenvalue weighted by Gasteiger charge is 2.35. The molecule has 0 atom stereocenters. The van der Waals surface area contributed by atoms with E-state index in [0.29, 0.717) is 17.5 Å². The minimum absolute atomic E-state index is 0.246. The predicted octanol–water partition coefficient (Wildman–Crippen LogP) is 3.98. The number of amides is 3. The topological polar surface area (TPSA) is 101 Å². The average molecular weight is 499 g/mol. The molecule has 5 rings (SSSR count). The number of benzene rings is 2. The third-order valence-electron chi connectivity index (χ3n) is 5.93. The SMILES string of the molecule is COc1ccc(CCN2C(=O)c3ccc(C(=O)NCc4csc(-c5ccncc5)n4)cc3C2=O)cc1. The number of methoxy groups -OCH3 is 1. The lowest BCUT2D eigenvalue weighted by Gasteiger charge is -2.13. The minimum atomic E-state index is -0.389. The average Bonchev–Trinajstić information content (AvgIpc) is 3.49. The van der Waals surface area contributed by atoms with Crippen molar-refractivity contribution < 1.29 is 19.1 Å². The molecule has 1 aliphatic heterocycles. The summed E-state index contributed by atoms with van der Waals surface area (Å²) in [4.78, 5) is 48.3. The maximum atomic E-state index is 13.0. The summed E-state index contributed by atoms with van der Waals surface area (Å²) in [5, 5.41) is 5.57. The van der Waals surface area contributed by atoms with E-state index < -0.39 is 0 Å². The van der Waals surface area contributed by atoms with Crippen LogP contribution in [-0.4, -0.2) is 46.2 Å². The summed E-state index contributed by atoms with van der Waals surface area (Å²) in [7, 11) is 1.60. The number of aromatic nitrogens is 2. The van der Waals surface area contributed by atoms with E-state index in [1.807, 2.05) is 41.8 Å². The van der Waals surface area contributed by atoms with Crippen molar-refractivity contribution in [3.63, 3.8) is 0 Å². The van der Waals surface area contributed by atoms with Crippen molar-refractivity contribution in [1.82, 2.24) is 20.2 Å². The standard InChI is InChI=1S/C27H22N4O4S/c1-35-21-5-2-17(3-6-21)10-13-31-26(33)22-7-4-19(14-23(22)27(31)34)24(32)29-15-20-16-36-25(30-20)18-8-11-28-12-9-18/h2-9,11-12,14,16H,10,13,15H2,1H3,(H,29,32). The van der Waals surface area contributed by atoms with Gasteiger partial charge in [-0.15, -0.1) is 11.3 Å². The van der Waals surface area contributed by atoms with Gasteiger partial charge in [-0.25, -0.2) is 4.98 Å². The van der Waals surface area contributed by atoms with E-state index in [0.717, 1.165) is 27.6 Å². The van der Waals surface area contributed by atoms with Gasteiger partial charge in [-0.3, -0.25) is 24.3 Å². The third kappa shape index (κ3) is 4.73. The van der Waals surface area contributed by atoms with Crippen LogP contribution in [0.4, 0.5) is 0 Å². The van der Waals surface area contributed by atoms with E-state index in [-0.39, 0.29) is 36.4 Å². The zero-order valence-electron chi connectivity index (χ0n) is 19.4. The van der Waals surface area contributed by atoms with Crippen molar-refractivity contribution in [2.75, 3.05) is 13.7 Å². The van der Waals surface area contributed by atoms with Crippen LogP contribution < -0.4 is 10.1 Å². The van der Waals surface area contributed by atoms with Gasteiger partial charge in [-0.1, -0.05) is 12.1 Å². The Bertz CT molecular complexity index is 1430. The number of imide groups is 1. The Kier molecular flexibility index (Phi) is 6.55. The molecule has 3 heterocycles. The molecule has 0 saturated heterocycles. The maximum Gasteiger partial charge on any atom is 0.261 e. The summed E-state index contributed by atoms with van der Waals surface area (Å²) in [6.07, 6.45) is 3.94. The number of thiazole rings is 1. The Morgan fingerprint density at radius 1 is 1.00 bits per heavy atom. The predicted molar refractivity (Wildman–Crippen MR) is 135 cm³/mol. The molecule has 1 aliphatic rings. The quantitative estimate of drug-likeness (QED) is 0.369. The van der Waals surface area contributed by atoms with Gasteiger partial charge in [0.2, 0.25) is 0 Å². The Morgan fingerprint density at radius 2 is 1.75 bits per heavy atom. The fourth-order valence-corrected chi connectivity index (χ4v) is 4.78. The lowest BCUT2D eigenvalue weighted by atomic mass is 10.1. The molecule has 0 spiro atoms. The number of pyridine rings is 1. The number of carbonyl (C=O) groups excluding carboxylic acids is 3. The summed E-state index contributed by atoms with van der Waals surface area (Å²) in [6, 6.07) is 15.8. The van der Waals surface area contributed by atoms with Crippen molar-refractivity contribution in [3.8, 4) is 16.3 Å². The minimum Gasteiger partial charge on any atom is -0.497 e. The lowest BCUT2D eigenvalue weighted by Crippen LogP contribution is -2.31. The van der Waals surface area contributed by atoms with Crippen molar-refractivity contribution in [2.45, 2.75) is 13.0 Å². The smallest absolute Gasteiger partial charge is 0.261 e. The highest BCUT2D eigenvalue weighted by Crippen LogP contribution is 2.25. The number of carbonyl (C=O) groups is 3. The maximum absolute atomic E-state index is 13.0. The molecule has 0 radical (unpaired) electrons. The van der Waals surface area contributed by atoms with Gasteiger partial charge in [0.15, 0.2) is 0 Å². The molecule has 8 nitrogen and oxygen atoms in total. The Morgan fingerprint density at radius 3 is 2.50 bits per heavy atom. The molecule has 2 aromatic heterocycles. The van der Waals surface area contributed by atoms with Crippen LogP contribution in [-0.2, 0) is 13.0 Å². The molecule has 1 N–H and O–H groups in total. The highest BCUT2D eigenvalue weighted by molar-refractivity contribution is 7.13. The van der Waals surface area contributed by atoms with Crippen LogP contribution in [0.5, 0.6) is 5.75 Å². The first-order chi connectivity index (χ1) is 17.5. The van der Waals surface area contributed by atoms with Crippen LogP contribution in [0, 0.1) is 0 Å². The van der Waals surface area contributed by atoms with Crippen molar-refractivity contribution in [3.05, 3.63) is 100 Å². The number of hydrogen-bond acceptors (Lipinski definition) is 7. The van der Waals surface area contributed by atoms with Crippen LogP contribution in [0.25, 0.3) is 10.6 Å². The molecule has 4 aromatic rings. The van der Waals surface area contributed by atoms with Gasteiger partial charge in [0, 0.05) is 35.4 Å². The number of rotatable bonds is 8. The number of fused-ring (bicyclic) bond motifs is 1.